The van der Waals surface area contributed by atoms with Gasteiger partial charge in [-0.15, -0.1) is 0 Å². The molecule has 1 aromatic carbocycles. The first-order chi connectivity index (χ1) is 8.75. The van der Waals surface area contributed by atoms with Gasteiger partial charge in [-0.1, -0.05) is 17.7 Å². The minimum atomic E-state index is 0.686. The summed E-state index contributed by atoms with van der Waals surface area (Å²) in [6.45, 7) is 8.67. The maximum atomic E-state index is 5.76. The zero-order valence-electron chi connectivity index (χ0n) is 11.4. The molecule has 1 aliphatic rings. The fourth-order valence-electron chi connectivity index (χ4n) is 2.24. The molecule has 100 valence electrons. The van der Waals surface area contributed by atoms with Gasteiger partial charge in [0.15, 0.2) is 0 Å². The van der Waals surface area contributed by atoms with Crippen molar-refractivity contribution in [1.29, 1.82) is 0 Å². The Morgan fingerprint density at radius 2 is 2.28 bits per heavy atom. The van der Waals surface area contributed by atoms with E-state index in [1.807, 2.05) is 0 Å². The molecule has 18 heavy (non-hydrogen) atoms. The topological polar surface area (TPSA) is 30.5 Å². The van der Waals surface area contributed by atoms with Gasteiger partial charge in [0, 0.05) is 19.7 Å². The van der Waals surface area contributed by atoms with Gasteiger partial charge in [0.05, 0.1) is 6.61 Å². The van der Waals surface area contributed by atoms with Crippen molar-refractivity contribution >= 4 is 0 Å². The highest BCUT2D eigenvalue weighted by atomic mass is 16.5. The molecule has 1 atom stereocenters. The maximum absolute atomic E-state index is 5.76. The van der Waals surface area contributed by atoms with Gasteiger partial charge in [0.1, 0.15) is 12.4 Å². The lowest BCUT2D eigenvalue weighted by atomic mass is 10.1. The number of aryl methyl sites for hydroxylation is 2. The molecule has 1 fully saturated rings. The molecule has 3 heteroatoms. The fraction of sp³-hybridized carbons (Fsp3) is 0.600. The van der Waals surface area contributed by atoms with E-state index in [-0.39, 0.29) is 0 Å². The Morgan fingerprint density at radius 3 is 3.00 bits per heavy atom. The number of rotatable bonds is 6. The van der Waals surface area contributed by atoms with Crippen LogP contribution in [0.15, 0.2) is 18.2 Å². The van der Waals surface area contributed by atoms with E-state index in [1.165, 1.54) is 17.5 Å². The van der Waals surface area contributed by atoms with E-state index >= 15 is 0 Å². The van der Waals surface area contributed by atoms with Gasteiger partial charge in [-0.3, -0.25) is 0 Å². The number of nitrogens with one attached hydrogen (secondary N) is 1. The molecule has 0 radical (unpaired) electrons. The summed E-state index contributed by atoms with van der Waals surface area (Å²) in [7, 11) is 0. The van der Waals surface area contributed by atoms with Gasteiger partial charge in [0.2, 0.25) is 0 Å². The highest BCUT2D eigenvalue weighted by molar-refractivity contribution is 5.35. The second-order valence-electron chi connectivity index (χ2n) is 5.05. The number of hydrogen-bond donors (Lipinski definition) is 1. The molecular formula is C15H23NO2. The highest BCUT2D eigenvalue weighted by Gasteiger charge is 2.14. The van der Waals surface area contributed by atoms with Gasteiger partial charge in [-0.25, -0.2) is 0 Å². The average Bonchev–Trinajstić information content (AvgIpc) is 2.84. The van der Waals surface area contributed by atoms with E-state index in [0.29, 0.717) is 5.92 Å². The summed E-state index contributed by atoms with van der Waals surface area (Å²) >= 11 is 0. The van der Waals surface area contributed by atoms with Crippen molar-refractivity contribution in [3.63, 3.8) is 0 Å². The molecule has 2 rings (SSSR count). The summed E-state index contributed by atoms with van der Waals surface area (Å²) in [6, 6.07) is 6.29. The Labute approximate surface area is 109 Å². The van der Waals surface area contributed by atoms with E-state index in [2.05, 4.69) is 37.4 Å². The summed E-state index contributed by atoms with van der Waals surface area (Å²) in [5.41, 5.74) is 2.48. The largest absolute Gasteiger partial charge is 0.492 e. The van der Waals surface area contributed by atoms with Crippen molar-refractivity contribution in [2.45, 2.75) is 20.3 Å². The summed E-state index contributed by atoms with van der Waals surface area (Å²) in [5, 5.41) is 3.42. The lowest BCUT2D eigenvalue weighted by molar-refractivity contribution is 0.185. The fourth-order valence-corrected chi connectivity index (χ4v) is 2.24. The molecule has 0 aromatic heterocycles. The van der Waals surface area contributed by atoms with Crippen LogP contribution >= 0.6 is 0 Å². The van der Waals surface area contributed by atoms with Crippen LogP contribution < -0.4 is 10.1 Å². The zero-order chi connectivity index (χ0) is 12.8. The third kappa shape index (κ3) is 4.00. The van der Waals surface area contributed by atoms with E-state index in [1.54, 1.807) is 0 Å². The minimum absolute atomic E-state index is 0.686. The molecular weight excluding hydrogens is 226 g/mol. The van der Waals surface area contributed by atoms with Crippen LogP contribution in [0.3, 0.4) is 0 Å². The Bertz CT molecular complexity index is 373. The molecule has 0 saturated carbocycles. The van der Waals surface area contributed by atoms with Crippen molar-refractivity contribution in [3.8, 4) is 5.75 Å². The van der Waals surface area contributed by atoms with Crippen LogP contribution in [0.4, 0.5) is 0 Å². The van der Waals surface area contributed by atoms with E-state index < -0.39 is 0 Å². The van der Waals surface area contributed by atoms with Crippen molar-refractivity contribution in [2.75, 3.05) is 32.9 Å². The minimum Gasteiger partial charge on any atom is -0.492 e. The SMILES string of the molecule is Cc1ccc(OCCNCC2CCOC2)c(C)c1. The molecule has 0 aliphatic carbocycles. The molecule has 1 N–H and O–H groups in total. The van der Waals surface area contributed by atoms with Crippen LogP contribution in [-0.4, -0.2) is 32.9 Å². The second kappa shape index (κ2) is 6.76. The first-order valence-electron chi connectivity index (χ1n) is 6.74. The van der Waals surface area contributed by atoms with E-state index in [4.69, 9.17) is 9.47 Å². The Morgan fingerprint density at radius 1 is 1.39 bits per heavy atom. The Balaban J connectivity index is 1.62. The van der Waals surface area contributed by atoms with Crippen LogP contribution in [-0.2, 0) is 4.74 Å². The molecule has 1 unspecified atom stereocenters. The molecule has 0 bridgehead atoms. The predicted octanol–water partition coefficient (Wildman–Crippen LogP) is 2.31. The predicted molar refractivity (Wildman–Crippen MR) is 73.2 cm³/mol. The van der Waals surface area contributed by atoms with Gasteiger partial charge in [-0.2, -0.15) is 0 Å². The maximum Gasteiger partial charge on any atom is 0.122 e. The third-order valence-electron chi connectivity index (χ3n) is 3.32. The first-order valence-corrected chi connectivity index (χ1v) is 6.74. The quantitative estimate of drug-likeness (QED) is 0.785. The van der Waals surface area contributed by atoms with Gasteiger partial charge in [0.25, 0.3) is 0 Å². The lowest BCUT2D eigenvalue weighted by Gasteiger charge is -2.12. The van der Waals surface area contributed by atoms with Crippen LogP contribution in [0.2, 0.25) is 0 Å². The van der Waals surface area contributed by atoms with Gasteiger partial charge >= 0.3 is 0 Å². The van der Waals surface area contributed by atoms with Gasteiger partial charge < -0.3 is 14.8 Å². The second-order valence-corrected chi connectivity index (χ2v) is 5.05. The summed E-state index contributed by atoms with van der Waals surface area (Å²) in [5.74, 6) is 1.68. The third-order valence-corrected chi connectivity index (χ3v) is 3.32. The Hall–Kier alpha value is -1.06. The highest BCUT2D eigenvalue weighted by Crippen LogP contribution is 2.18. The molecule has 1 aromatic rings. The van der Waals surface area contributed by atoms with Crippen LogP contribution in [0.5, 0.6) is 5.75 Å². The molecule has 1 saturated heterocycles. The van der Waals surface area contributed by atoms with E-state index in [9.17, 15) is 0 Å². The number of hydrogen-bond acceptors (Lipinski definition) is 3. The van der Waals surface area contributed by atoms with E-state index in [0.717, 1.165) is 38.7 Å². The smallest absolute Gasteiger partial charge is 0.122 e. The molecule has 0 spiro atoms. The molecule has 3 nitrogen and oxygen atoms in total. The number of ether oxygens (including phenoxy) is 2. The van der Waals surface area contributed by atoms with Crippen LogP contribution in [0.25, 0.3) is 0 Å². The van der Waals surface area contributed by atoms with Gasteiger partial charge in [-0.05, 0) is 37.8 Å². The standard InChI is InChI=1S/C15H23NO2/c1-12-3-4-15(13(2)9-12)18-8-6-16-10-14-5-7-17-11-14/h3-4,9,14,16H,5-8,10-11H2,1-2H3. The van der Waals surface area contributed by atoms with Crippen molar-refractivity contribution in [2.24, 2.45) is 5.92 Å². The van der Waals surface area contributed by atoms with Crippen molar-refractivity contribution in [3.05, 3.63) is 29.3 Å². The van der Waals surface area contributed by atoms with Crippen molar-refractivity contribution in [1.82, 2.24) is 5.32 Å². The summed E-state index contributed by atoms with van der Waals surface area (Å²) in [6.07, 6.45) is 1.19. The molecule has 1 aliphatic heterocycles. The first kappa shape index (κ1) is 13.4. The summed E-state index contributed by atoms with van der Waals surface area (Å²) in [4.78, 5) is 0. The Kier molecular flexibility index (Phi) is 5.02. The monoisotopic (exact) mass is 249 g/mol. The lowest BCUT2D eigenvalue weighted by Crippen LogP contribution is -2.27. The van der Waals surface area contributed by atoms with Crippen molar-refractivity contribution < 1.29 is 9.47 Å². The van der Waals surface area contributed by atoms with Crippen LogP contribution in [0, 0.1) is 19.8 Å². The normalized spacial score (nSPS) is 19.1. The molecule has 1 heterocycles. The average molecular weight is 249 g/mol. The van der Waals surface area contributed by atoms with Crippen LogP contribution in [0.1, 0.15) is 17.5 Å². The zero-order valence-corrected chi connectivity index (χ0v) is 11.4. The summed E-state index contributed by atoms with van der Waals surface area (Å²) < 4.78 is 11.1. The number of benzene rings is 1. The molecule has 0 amide bonds.